The maximum atomic E-state index is 12.4. The summed E-state index contributed by atoms with van der Waals surface area (Å²) in [4.78, 5) is 24.0. The summed E-state index contributed by atoms with van der Waals surface area (Å²) < 4.78 is 5.46. The van der Waals surface area contributed by atoms with E-state index in [2.05, 4.69) is 5.32 Å². The van der Waals surface area contributed by atoms with Crippen molar-refractivity contribution in [1.82, 2.24) is 5.32 Å². The van der Waals surface area contributed by atoms with E-state index in [9.17, 15) is 19.6 Å². The van der Waals surface area contributed by atoms with E-state index < -0.39 is 13.1 Å². The number of carbonyl (C=O) groups is 2. The van der Waals surface area contributed by atoms with Crippen LogP contribution in [-0.4, -0.2) is 34.8 Å². The molecule has 6 nitrogen and oxygen atoms in total. The molecule has 2 aromatic rings. The van der Waals surface area contributed by atoms with E-state index in [1.807, 2.05) is 24.3 Å². The van der Waals surface area contributed by atoms with Gasteiger partial charge in [-0.05, 0) is 37.3 Å². The third-order valence-corrected chi connectivity index (χ3v) is 5.76. The van der Waals surface area contributed by atoms with Gasteiger partial charge in [0.1, 0.15) is 11.4 Å². The fourth-order valence-electron chi connectivity index (χ4n) is 4.04. The average Bonchev–Trinajstić information content (AvgIpc) is 2.95. The highest BCUT2D eigenvalue weighted by Crippen LogP contribution is 2.56. The van der Waals surface area contributed by atoms with E-state index in [4.69, 9.17) is 4.42 Å². The van der Waals surface area contributed by atoms with Crippen molar-refractivity contribution in [2.75, 3.05) is 0 Å². The minimum Gasteiger partial charge on any atom is -0.464 e. The normalized spacial score (nSPS) is 26.2. The zero-order valence-corrected chi connectivity index (χ0v) is 13.8. The van der Waals surface area contributed by atoms with E-state index in [0.29, 0.717) is 19.3 Å². The second kappa shape index (κ2) is 6.00. The molecule has 4 rings (SSSR count). The Morgan fingerprint density at radius 1 is 1.36 bits per heavy atom. The first-order chi connectivity index (χ1) is 12.0. The highest BCUT2D eigenvalue weighted by molar-refractivity contribution is 6.43. The first kappa shape index (κ1) is 16.4. The molecule has 130 valence electrons. The van der Waals surface area contributed by atoms with Crippen molar-refractivity contribution in [3.05, 3.63) is 36.1 Å². The lowest BCUT2D eigenvalue weighted by Crippen LogP contribution is -2.57. The number of rotatable bonds is 5. The first-order valence-corrected chi connectivity index (χ1v) is 8.63. The second-order valence-electron chi connectivity index (χ2n) is 7.30. The molecule has 0 bridgehead atoms. The zero-order valence-electron chi connectivity index (χ0n) is 13.8. The predicted octanol–water partition coefficient (Wildman–Crippen LogP) is 1.23. The molecule has 1 spiro atoms. The summed E-state index contributed by atoms with van der Waals surface area (Å²) in [6.07, 6.45) is 4.51. The smallest absolute Gasteiger partial charge is 0.464 e. The van der Waals surface area contributed by atoms with Crippen LogP contribution in [0.4, 0.5) is 0 Å². The monoisotopic (exact) mass is 341 g/mol. The Hall–Kier alpha value is -2.12. The predicted molar refractivity (Wildman–Crippen MR) is 91.4 cm³/mol. The minimum absolute atomic E-state index is 0.212. The third-order valence-electron chi connectivity index (χ3n) is 5.76. The van der Waals surface area contributed by atoms with Gasteiger partial charge >= 0.3 is 7.12 Å². The molecule has 0 aliphatic heterocycles. The molecule has 1 aromatic carbocycles. The van der Waals surface area contributed by atoms with Gasteiger partial charge in [-0.25, -0.2) is 0 Å². The van der Waals surface area contributed by atoms with Gasteiger partial charge in [-0.3, -0.25) is 9.59 Å². The Morgan fingerprint density at radius 3 is 2.76 bits per heavy atom. The standard InChI is InChI=1S/C18H20BNO5/c21-15-5-6-18(15)8-12(9-18)17(22)20-16(19(23)24)7-11-10-25-14-4-2-1-3-13(11)14/h1-4,10,12,16,23-24H,5-9H2,(H,20,22)/t12?,16-,18?/m0/s1. The third kappa shape index (κ3) is 2.77. The van der Waals surface area contributed by atoms with Crippen LogP contribution in [0.3, 0.4) is 0 Å². The van der Waals surface area contributed by atoms with E-state index in [1.54, 1.807) is 6.26 Å². The van der Waals surface area contributed by atoms with E-state index in [0.717, 1.165) is 23.0 Å². The summed E-state index contributed by atoms with van der Waals surface area (Å²) in [5.74, 6) is -0.981. The highest BCUT2D eigenvalue weighted by atomic mass is 16.4. The molecule has 25 heavy (non-hydrogen) atoms. The maximum Gasteiger partial charge on any atom is 0.475 e. The number of nitrogens with one attached hydrogen (secondary N) is 1. The lowest BCUT2D eigenvalue weighted by molar-refractivity contribution is -0.155. The number of hydrogen-bond acceptors (Lipinski definition) is 5. The molecule has 2 aliphatic carbocycles. The molecule has 0 unspecified atom stereocenters. The Labute approximate surface area is 145 Å². The molecule has 0 saturated heterocycles. The van der Waals surface area contributed by atoms with Crippen molar-refractivity contribution in [3.8, 4) is 0 Å². The van der Waals surface area contributed by atoms with Crippen LogP contribution in [0.2, 0.25) is 0 Å². The number of fused-ring (bicyclic) bond motifs is 1. The molecule has 2 saturated carbocycles. The van der Waals surface area contributed by atoms with Crippen molar-refractivity contribution >= 4 is 29.8 Å². The van der Waals surface area contributed by atoms with E-state index in [-0.39, 0.29) is 29.4 Å². The lowest BCUT2D eigenvalue weighted by Gasteiger charge is -2.51. The Bertz CT molecular complexity index is 824. The SMILES string of the molecule is O=C(N[C@@H](Cc1coc2ccccc12)B(O)O)C1CC2(CCC2=O)C1. The number of amides is 1. The Balaban J connectivity index is 1.42. The van der Waals surface area contributed by atoms with Gasteiger partial charge in [0.2, 0.25) is 5.91 Å². The summed E-state index contributed by atoms with van der Waals surface area (Å²) in [6.45, 7) is 0. The van der Waals surface area contributed by atoms with Gasteiger partial charge in [-0.1, -0.05) is 18.2 Å². The first-order valence-electron chi connectivity index (χ1n) is 8.63. The van der Waals surface area contributed by atoms with Gasteiger partial charge in [0.05, 0.1) is 12.2 Å². The Kier molecular flexibility index (Phi) is 3.93. The van der Waals surface area contributed by atoms with Crippen LogP contribution in [0.15, 0.2) is 34.9 Å². The summed E-state index contributed by atoms with van der Waals surface area (Å²) in [5, 5.41) is 22.9. The fourth-order valence-corrected chi connectivity index (χ4v) is 4.04. The van der Waals surface area contributed by atoms with Crippen molar-refractivity contribution in [2.45, 2.75) is 38.0 Å². The van der Waals surface area contributed by atoms with E-state index >= 15 is 0 Å². The van der Waals surface area contributed by atoms with Crippen LogP contribution in [0, 0.1) is 11.3 Å². The van der Waals surface area contributed by atoms with Crippen molar-refractivity contribution in [2.24, 2.45) is 11.3 Å². The van der Waals surface area contributed by atoms with Crippen molar-refractivity contribution in [3.63, 3.8) is 0 Å². The number of para-hydroxylation sites is 1. The van der Waals surface area contributed by atoms with E-state index in [1.165, 1.54) is 0 Å². The summed E-state index contributed by atoms with van der Waals surface area (Å²) in [5.41, 5.74) is 1.28. The van der Waals surface area contributed by atoms with Crippen LogP contribution in [0.5, 0.6) is 0 Å². The Morgan fingerprint density at radius 2 is 2.12 bits per heavy atom. The van der Waals surface area contributed by atoms with Gasteiger partial charge < -0.3 is 19.8 Å². The van der Waals surface area contributed by atoms with Crippen LogP contribution < -0.4 is 5.32 Å². The van der Waals surface area contributed by atoms with Gasteiger partial charge in [0.25, 0.3) is 0 Å². The van der Waals surface area contributed by atoms with Gasteiger partial charge in [0.15, 0.2) is 0 Å². The van der Waals surface area contributed by atoms with Crippen molar-refractivity contribution in [1.29, 1.82) is 0 Å². The molecule has 1 aromatic heterocycles. The second-order valence-corrected chi connectivity index (χ2v) is 7.30. The summed E-state index contributed by atoms with van der Waals surface area (Å²) >= 11 is 0. The van der Waals surface area contributed by atoms with Crippen LogP contribution in [-0.2, 0) is 16.0 Å². The molecule has 7 heteroatoms. The highest BCUT2D eigenvalue weighted by Gasteiger charge is 2.56. The number of ketones is 1. The van der Waals surface area contributed by atoms with Gasteiger partial charge in [0, 0.05) is 23.1 Å². The van der Waals surface area contributed by atoms with Gasteiger partial charge in [-0.2, -0.15) is 0 Å². The molecule has 1 heterocycles. The topological polar surface area (TPSA) is 99.8 Å². The lowest BCUT2D eigenvalue weighted by atomic mass is 9.51. The largest absolute Gasteiger partial charge is 0.475 e. The molecule has 0 radical (unpaired) electrons. The molecular formula is C18H20BNO5. The number of carbonyl (C=O) groups excluding carboxylic acids is 2. The van der Waals surface area contributed by atoms with Crippen LogP contribution in [0.1, 0.15) is 31.2 Å². The zero-order chi connectivity index (χ0) is 17.6. The number of benzene rings is 1. The van der Waals surface area contributed by atoms with Gasteiger partial charge in [-0.15, -0.1) is 0 Å². The number of hydrogen-bond donors (Lipinski definition) is 3. The van der Waals surface area contributed by atoms with Crippen LogP contribution in [0.25, 0.3) is 11.0 Å². The number of Topliss-reactive ketones (excluding diaryl/α,β-unsaturated/α-hetero) is 1. The number of furan rings is 1. The molecular weight excluding hydrogens is 321 g/mol. The quantitative estimate of drug-likeness (QED) is 0.711. The summed E-state index contributed by atoms with van der Waals surface area (Å²) in [6, 6.07) is 7.48. The van der Waals surface area contributed by atoms with Crippen LogP contribution >= 0.6 is 0 Å². The summed E-state index contributed by atoms with van der Waals surface area (Å²) in [7, 11) is -1.67. The fraction of sp³-hybridized carbons (Fsp3) is 0.444. The average molecular weight is 341 g/mol. The molecule has 1 atom stereocenters. The van der Waals surface area contributed by atoms with Crippen molar-refractivity contribution < 1.29 is 24.1 Å². The molecule has 3 N–H and O–H groups in total. The molecule has 1 amide bonds. The maximum absolute atomic E-state index is 12.4. The molecule has 2 aliphatic rings. The minimum atomic E-state index is -1.67. The molecule has 2 fully saturated rings.